The fourth-order valence-corrected chi connectivity index (χ4v) is 2.65. The van der Waals surface area contributed by atoms with Gasteiger partial charge in [-0.3, -0.25) is 4.79 Å². The number of thioether (sulfide) groups is 1. The maximum atomic E-state index is 11.0. The van der Waals surface area contributed by atoms with Gasteiger partial charge in [0.15, 0.2) is 0 Å². The van der Waals surface area contributed by atoms with Crippen molar-refractivity contribution in [2.75, 3.05) is 18.6 Å². The van der Waals surface area contributed by atoms with Crippen LogP contribution in [0.1, 0.15) is 12.6 Å². The van der Waals surface area contributed by atoms with Crippen molar-refractivity contribution in [3.05, 3.63) is 42.4 Å². The quantitative estimate of drug-likeness (QED) is 0.855. The van der Waals surface area contributed by atoms with Crippen molar-refractivity contribution in [3.63, 3.8) is 0 Å². The van der Waals surface area contributed by atoms with E-state index >= 15 is 0 Å². The number of nitrogens with zero attached hydrogens (tertiary/aromatic N) is 2. The van der Waals surface area contributed by atoms with E-state index < -0.39 is 0 Å². The highest BCUT2D eigenvalue weighted by atomic mass is 32.2. The molecule has 0 bridgehead atoms. The largest absolute Gasteiger partial charge is 0.355 e. The van der Waals surface area contributed by atoms with Crippen molar-refractivity contribution in [2.45, 2.75) is 19.9 Å². The van der Waals surface area contributed by atoms with Crippen LogP contribution in [-0.2, 0) is 17.8 Å². The van der Waals surface area contributed by atoms with Crippen molar-refractivity contribution in [1.82, 2.24) is 14.9 Å². The van der Waals surface area contributed by atoms with Crippen molar-refractivity contribution in [2.24, 2.45) is 0 Å². The third kappa shape index (κ3) is 4.36. The van der Waals surface area contributed by atoms with Crippen molar-refractivity contribution < 1.29 is 4.79 Å². The average Bonchev–Trinajstić information content (AvgIpc) is 2.88. The number of amides is 1. The number of imidazole rings is 1. The minimum atomic E-state index is 0.00376. The molecule has 1 aromatic carbocycles. The van der Waals surface area contributed by atoms with E-state index in [9.17, 15) is 4.79 Å². The van der Waals surface area contributed by atoms with Gasteiger partial charge in [0.05, 0.1) is 12.0 Å². The lowest BCUT2D eigenvalue weighted by Crippen LogP contribution is -2.24. The van der Waals surface area contributed by atoms with E-state index in [2.05, 4.69) is 33.3 Å². The molecule has 1 amide bonds. The average molecular weight is 303 g/mol. The van der Waals surface area contributed by atoms with Crippen molar-refractivity contribution in [3.8, 4) is 11.3 Å². The molecular weight excluding hydrogens is 282 g/mol. The van der Waals surface area contributed by atoms with Crippen LogP contribution in [0.3, 0.4) is 0 Å². The zero-order chi connectivity index (χ0) is 15.1. The molecule has 1 N–H and O–H groups in total. The summed E-state index contributed by atoms with van der Waals surface area (Å²) in [5.74, 6) is 1.06. The molecular formula is C16H21N3OS. The fourth-order valence-electron chi connectivity index (χ4n) is 2.25. The van der Waals surface area contributed by atoms with E-state index in [1.165, 1.54) is 12.6 Å². The van der Waals surface area contributed by atoms with Crippen LogP contribution >= 0.6 is 11.8 Å². The van der Waals surface area contributed by atoms with Gasteiger partial charge in [-0.05, 0) is 18.4 Å². The molecule has 2 rings (SSSR count). The van der Waals surface area contributed by atoms with Gasteiger partial charge in [-0.15, -0.1) is 0 Å². The van der Waals surface area contributed by atoms with Crippen LogP contribution in [-0.4, -0.2) is 34.0 Å². The van der Waals surface area contributed by atoms with Crippen LogP contribution in [0.25, 0.3) is 11.3 Å². The summed E-state index contributed by atoms with van der Waals surface area (Å²) in [6.45, 7) is 2.92. The van der Waals surface area contributed by atoms with E-state index in [1.54, 1.807) is 0 Å². The van der Waals surface area contributed by atoms with Gasteiger partial charge >= 0.3 is 0 Å². The molecule has 5 heteroatoms. The summed E-state index contributed by atoms with van der Waals surface area (Å²) in [5, 5.41) is 2.83. The zero-order valence-electron chi connectivity index (χ0n) is 12.5. The summed E-state index contributed by atoms with van der Waals surface area (Å²) < 4.78 is 2.15. The molecule has 4 nitrogen and oxygen atoms in total. The highest BCUT2D eigenvalue weighted by Crippen LogP contribution is 2.23. The molecule has 0 aliphatic heterocycles. The molecule has 2 aromatic rings. The molecule has 0 radical (unpaired) electrons. The molecule has 112 valence electrons. The number of carbonyl (C=O) groups is 1. The SMILES string of the molecule is CSCCc1c(-c2ccccc2)ncn1CCNC(C)=O. The number of aromatic nitrogens is 2. The number of benzene rings is 1. The zero-order valence-corrected chi connectivity index (χ0v) is 13.3. The summed E-state index contributed by atoms with van der Waals surface area (Å²) in [6.07, 6.45) is 4.96. The Morgan fingerprint density at radius 3 is 2.76 bits per heavy atom. The minimum Gasteiger partial charge on any atom is -0.355 e. The fraction of sp³-hybridized carbons (Fsp3) is 0.375. The van der Waals surface area contributed by atoms with Gasteiger partial charge < -0.3 is 9.88 Å². The maximum Gasteiger partial charge on any atom is 0.216 e. The third-order valence-corrected chi connectivity index (χ3v) is 3.88. The first-order valence-electron chi connectivity index (χ1n) is 7.05. The Balaban J connectivity index is 2.20. The molecule has 0 aliphatic rings. The van der Waals surface area contributed by atoms with Gasteiger partial charge in [-0.1, -0.05) is 30.3 Å². The maximum absolute atomic E-state index is 11.0. The second-order valence-electron chi connectivity index (χ2n) is 4.83. The first-order valence-corrected chi connectivity index (χ1v) is 8.44. The monoisotopic (exact) mass is 303 g/mol. The van der Waals surface area contributed by atoms with Crippen LogP contribution in [0.15, 0.2) is 36.7 Å². The predicted molar refractivity (Wildman–Crippen MR) is 88.4 cm³/mol. The van der Waals surface area contributed by atoms with Gasteiger partial charge in [0, 0.05) is 31.3 Å². The summed E-state index contributed by atoms with van der Waals surface area (Å²) >= 11 is 1.83. The number of hydrogen-bond acceptors (Lipinski definition) is 3. The minimum absolute atomic E-state index is 0.00376. The van der Waals surface area contributed by atoms with E-state index in [4.69, 9.17) is 0 Å². The Kier molecular flexibility index (Phi) is 5.87. The number of rotatable bonds is 7. The van der Waals surface area contributed by atoms with Crippen LogP contribution in [0.2, 0.25) is 0 Å². The second kappa shape index (κ2) is 7.88. The van der Waals surface area contributed by atoms with Crippen molar-refractivity contribution in [1.29, 1.82) is 0 Å². The lowest BCUT2D eigenvalue weighted by Gasteiger charge is -2.10. The highest BCUT2D eigenvalue weighted by molar-refractivity contribution is 7.98. The Labute approximate surface area is 130 Å². The first kappa shape index (κ1) is 15.6. The normalized spacial score (nSPS) is 10.6. The van der Waals surface area contributed by atoms with Crippen LogP contribution < -0.4 is 5.32 Å². The summed E-state index contributed by atoms with van der Waals surface area (Å²) in [6, 6.07) is 10.2. The molecule has 0 aliphatic carbocycles. The van der Waals surface area contributed by atoms with Crippen LogP contribution in [0.5, 0.6) is 0 Å². The number of nitrogens with one attached hydrogen (secondary N) is 1. The summed E-state index contributed by atoms with van der Waals surface area (Å²) in [4.78, 5) is 15.6. The lowest BCUT2D eigenvalue weighted by atomic mass is 10.1. The van der Waals surface area contributed by atoms with Gasteiger partial charge in [0.2, 0.25) is 5.91 Å². The molecule has 0 spiro atoms. The predicted octanol–water partition coefficient (Wildman–Crippen LogP) is 2.59. The summed E-state index contributed by atoms with van der Waals surface area (Å²) in [5.41, 5.74) is 3.43. The Hall–Kier alpha value is -1.75. The number of carbonyl (C=O) groups excluding carboxylic acids is 1. The third-order valence-electron chi connectivity index (χ3n) is 3.26. The smallest absolute Gasteiger partial charge is 0.216 e. The van der Waals surface area contributed by atoms with Gasteiger partial charge in [-0.2, -0.15) is 11.8 Å². The molecule has 0 saturated carbocycles. The van der Waals surface area contributed by atoms with E-state index in [0.29, 0.717) is 6.54 Å². The molecule has 21 heavy (non-hydrogen) atoms. The lowest BCUT2D eigenvalue weighted by molar-refractivity contribution is -0.118. The van der Waals surface area contributed by atoms with Gasteiger partial charge in [0.25, 0.3) is 0 Å². The first-order chi connectivity index (χ1) is 10.2. The summed E-state index contributed by atoms with van der Waals surface area (Å²) in [7, 11) is 0. The Morgan fingerprint density at radius 2 is 2.10 bits per heavy atom. The van der Waals surface area contributed by atoms with E-state index in [0.717, 1.165) is 30.0 Å². The van der Waals surface area contributed by atoms with Gasteiger partial charge in [-0.25, -0.2) is 4.98 Å². The van der Waals surface area contributed by atoms with Crippen LogP contribution in [0, 0.1) is 0 Å². The Bertz CT molecular complexity index is 580. The Morgan fingerprint density at radius 1 is 1.33 bits per heavy atom. The van der Waals surface area contributed by atoms with Crippen LogP contribution in [0.4, 0.5) is 0 Å². The highest BCUT2D eigenvalue weighted by Gasteiger charge is 2.12. The molecule has 1 aromatic heterocycles. The molecule has 0 unspecified atom stereocenters. The van der Waals surface area contributed by atoms with E-state index in [-0.39, 0.29) is 5.91 Å². The number of hydrogen-bond donors (Lipinski definition) is 1. The van der Waals surface area contributed by atoms with Gasteiger partial charge in [0.1, 0.15) is 0 Å². The second-order valence-corrected chi connectivity index (χ2v) is 5.81. The topological polar surface area (TPSA) is 46.9 Å². The van der Waals surface area contributed by atoms with E-state index in [1.807, 2.05) is 36.3 Å². The molecule has 0 fully saturated rings. The molecule has 0 atom stereocenters. The van der Waals surface area contributed by atoms with Crippen molar-refractivity contribution >= 4 is 17.7 Å². The standard InChI is InChI=1S/C16H21N3OS/c1-13(20)17-9-10-19-12-18-16(15(19)8-11-21-2)14-6-4-3-5-7-14/h3-7,12H,8-11H2,1-2H3,(H,17,20). The molecule has 1 heterocycles. The molecule has 0 saturated heterocycles.